The summed E-state index contributed by atoms with van der Waals surface area (Å²) in [5.74, 6) is 2.53. The fraction of sp³-hybridized carbons (Fsp3) is 0.727. The lowest BCUT2D eigenvalue weighted by Crippen LogP contribution is -1.96. The van der Waals surface area contributed by atoms with Gasteiger partial charge in [-0.05, 0) is 31.6 Å². The van der Waals surface area contributed by atoms with E-state index in [9.17, 15) is 5.11 Å². The number of aromatic nitrogens is 2. The number of H-pyrrole nitrogens is 1. The topological polar surface area (TPSA) is 48.9 Å². The average Bonchev–Trinajstić information content (AvgIpc) is 2.71. The van der Waals surface area contributed by atoms with Crippen molar-refractivity contribution in [3.05, 3.63) is 11.5 Å². The van der Waals surface area contributed by atoms with E-state index in [-0.39, 0.29) is 5.88 Å². The monoisotopic (exact) mass is 194 g/mol. The van der Waals surface area contributed by atoms with Crippen molar-refractivity contribution >= 4 is 0 Å². The van der Waals surface area contributed by atoms with Crippen LogP contribution in [0.2, 0.25) is 0 Å². The van der Waals surface area contributed by atoms with E-state index in [0.29, 0.717) is 5.92 Å². The van der Waals surface area contributed by atoms with Crippen molar-refractivity contribution in [1.29, 1.82) is 0 Å². The van der Waals surface area contributed by atoms with Gasteiger partial charge in [0.25, 0.3) is 0 Å². The number of nitrogens with zero attached hydrogens (tertiary/aromatic N) is 1. The third-order valence-corrected chi connectivity index (χ3v) is 3.21. The summed E-state index contributed by atoms with van der Waals surface area (Å²) >= 11 is 0. The van der Waals surface area contributed by atoms with Gasteiger partial charge in [-0.2, -0.15) is 4.98 Å². The van der Waals surface area contributed by atoms with Gasteiger partial charge in [0.15, 0.2) is 0 Å². The van der Waals surface area contributed by atoms with Crippen molar-refractivity contribution in [2.75, 3.05) is 0 Å². The number of nitrogens with one attached hydrogen (secondary N) is 1. The van der Waals surface area contributed by atoms with Crippen molar-refractivity contribution < 1.29 is 5.11 Å². The highest BCUT2D eigenvalue weighted by Crippen LogP contribution is 2.37. The molecule has 0 radical (unpaired) electrons. The number of hydrogen-bond acceptors (Lipinski definition) is 2. The van der Waals surface area contributed by atoms with Gasteiger partial charge < -0.3 is 10.1 Å². The molecule has 1 aliphatic carbocycles. The molecule has 1 heterocycles. The molecular weight excluding hydrogens is 176 g/mol. The van der Waals surface area contributed by atoms with Gasteiger partial charge in [0.1, 0.15) is 5.82 Å². The van der Waals surface area contributed by atoms with Crippen molar-refractivity contribution in [2.24, 2.45) is 5.92 Å². The Hall–Kier alpha value is -0.990. The molecule has 0 aliphatic heterocycles. The van der Waals surface area contributed by atoms with Crippen LogP contribution < -0.4 is 0 Å². The highest BCUT2D eigenvalue weighted by Gasteiger charge is 2.25. The lowest BCUT2D eigenvalue weighted by molar-refractivity contribution is 0.447. The van der Waals surface area contributed by atoms with E-state index in [2.05, 4.69) is 16.9 Å². The molecule has 2 atom stereocenters. The van der Waals surface area contributed by atoms with Crippen LogP contribution in [0.3, 0.4) is 0 Å². The van der Waals surface area contributed by atoms with Crippen molar-refractivity contribution in [3.63, 3.8) is 0 Å². The largest absolute Gasteiger partial charge is 0.492 e. The van der Waals surface area contributed by atoms with Crippen LogP contribution in [0.4, 0.5) is 0 Å². The van der Waals surface area contributed by atoms with Gasteiger partial charge in [0, 0.05) is 5.92 Å². The Morgan fingerprint density at radius 1 is 1.50 bits per heavy atom. The first-order valence-electron chi connectivity index (χ1n) is 5.48. The summed E-state index contributed by atoms with van der Waals surface area (Å²) < 4.78 is 0. The van der Waals surface area contributed by atoms with Gasteiger partial charge in [-0.3, -0.25) is 0 Å². The standard InChI is InChI=1S/C11H18N2O/c1-3-9-11(14)13-10(12-9)8-5-4-7(2)6-8/h7-8,14H,3-6H2,1-2H3,(H,12,13). The van der Waals surface area contributed by atoms with E-state index in [1.165, 1.54) is 19.3 Å². The summed E-state index contributed by atoms with van der Waals surface area (Å²) in [6.45, 7) is 4.30. The Morgan fingerprint density at radius 3 is 2.79 bits per heavy atom. The van der Waals surface area contributed by atoms with Crippen molar-refractivity contribution in [2.45, 2.75) is 45.4 Å². The zero-order valence-corrected chi connectivity index (χ0v) is 8.88. The molecule has 2 rings (SSSR count). The maximum absolute atomic E-state index is 9.52. The molecule has 1 aromatic rings. The number of hydrogen-bond donors (Lipinski definition) is 2. The fourth-order valence-electron chi connectivity index (χ4n) is 2.32. The Bertz CT molecular complexity index is 319. The van der Waals surface area contributed by atoms with E-state index in [1.807, 2.05) is 6.92 Å². The predicted octanol–water partition coefficient (Wildman–Crippen LogP) is 2.58. The number of aromatic hydroxyl groups is 1. The average molecular weight is 194 g/mol. The third kappa shape index (κ3) is 1.63. The van der Waals surface area contributed by atoms with Crippen LogP contribution in [0.1, 0.15) is 50.5 Å². The van der Waals surface area contributed by atoms with Crippen molar-refractivity contribution in [1.82, 2.24) is 9.97 Å². The van der Waals surface area contributed by atoms with Crippen LogP contribution in [0.25, 0.3) is 0 Å². The molecule has 0 bridgehead atoms. The molecule has 2 N–H and O–H groups in total. The van der Waals surface area contributed by atoms with Crippen LogP contribution in [0, 0.1) is 5.92 Å². The summed E-state index contributed by atoms with van der Waals surface area (Å²) in [5.41, 5.74) is 0.875. The van der Waals surface area contributed by atoms with Crippen molar-refractivity contribution in [3.8, 4) is 5.88 Å². The second-order valence-electron chi connectivity index (χ2n) is 4.39. The molecule has 78 valence electrons. The summed E-state index contributed by atoms with van der Waals surface area (Å²) in [5, 5.41) is 9.52. The lowest BCUT2D eigenvalue weighted by Gasteiger charge is -2.04. The summed E-state index contributed by atoms with van der Waals surface area (Å²) in [4.78, 5) is 7.43. The minimum atomic E-state index is 0.196. The third-order valence-electron chi connectivity index (χ3n) is 3.21. The van der Waals surface area contributed by atoms with Gasteiger partial charge in [-0.1, -0.05) is 13.8 Å². The number of imidazole rings is 1. The number of aryl methyl sites for hydroxylation is 1. The molecule has 2 unspecified atom stereocenters. The normalized spacial score (nSPS) is 27.0. The molecule has 3 nitrogen and oxygen atoms in total. The van der Waals surface area contributed by atoms with Gasteiger partial charge in [0.2, 0.25) is 5.88 Å². The molecule has 0 aromatic carbocycles. The molecule has 14 heavy (non-hydrogen) atoms. The highest BCUT2D eigenvalue weighted by atomic mass is 16.3. The molecular formula is C11H18N2O. The van der Waals surface area contributed by atoms with Gasteiger partial charge in [-0.25, -0.2) is 0 Å². The molecule has 0 saturated heterocycles. The Labute approximate surface area is 84.6 Å². The van der Waals surface area contributed by atoms with E-state index >= 15 is 0 Å². The number of aromatic amines is 1. The Kier molecular flexibility index (Phi) is 2.48. The molecule has 0 spiro atoms. The van der Waals surface area contributed by atoms with E-state index in [1.54, 1.807) is 0 Å². The predicted molar refractivity (Wildman–Crippen MR) is 55.4 cm³/mol. The smallest absolute Gasteiger partial charge is 0.232 e. The zero-order valence-electron chi connectivity index (χ0n) is 8.88. The minimum Gasteiger partial charge on any atom is -0.492 e. The molecule has 1 fully saturated rings. The van der Waals surface area contributed by atoms with Crippen LogP contribution in [0.15, 0.2) is 0 Å². The SMILES string of the molecule is CCc1[nH]c(C2CCC(C)C2)nc1O. The van der Waals surface area contributed by atoms with Crippen LogP contribution in [-0.2, 0) is 6.42 Å². The first kappa shape index (κ1) is 9.56. The molecule has 1 saturated carbocycles. The first-order valence-corrected chi connectivity index (χ1v) is 5.48. The fourth-order valence-corrected chi connectivity index (χ4v) is 2.32. The van der Waals surface area contributed by atoms with Crippen LogP contribution >= 0.6 is 0 Å². The van der Waals surface area contributed by atoms with Crippen LogP contribution in [-0.4, -0.2) is 15.1 Å². The maximum Gasteiger partial charge on any atom is 0.232 e. The quantitative estimate of drug-likeness (QED) is 0.760. The zero-order chi connectivity index (χ0) is 10.1. The molecule has 1 aliphatic rings. The highest BCUT2D eigenvalue weighted by molar-refractivity contribution is 5.21. The summed E-state index contributed by atoms with van der Waals surface area (Å²) in [7, 11) is 0. The molecule has 1 aromatic heterocycles. The first-order chi connectivity index (χ1) is 6.70. The Balaban J connectivity index is 2.16. The van der Waals surface area contributed by atoms with Crippen LogP contribution in [0.5, 0.6) is 5.88 Å². The summed E-state index contributed by atoms with van der Waals surface area (Å²) in [6.07, 6.45) is 4.52. The molecule has 3 heteroatoms. The maximum atomic E-state index is 9.52. The lowest BCUT2D eigenvalue weighted by atomic mass is 10.1. The Morgan fingerprint density at radius 2 is 2.29 bits per heavy atom. The van der Waals surface area contributed by atoms with E-state index in [4.69, 9.17) is 0 Å². The summed E-state index contributed by atoms with van der Waals surface area (Å²) in [6, 6.07) is 0. The van der Waals surface area contributed by atoms with Gasteiger partial charge in [-0.15, -0.1) is 0 Å². The second kappa shape index (κ2) is 3.64. The van der Waals surface area contributed by atoms with E-state index < -0.39 is 0 Å². The molecule has 0 amide bonds. The second-order valence-corrected chi connectivity index (χ2v) is 4.39. The van der Waals surface area contributed by atoms with E-state index in [0.717, 1.165) is 23.9 Å². The van der Waals surface area contributed by atoms with Gasteiger partial charge >= 0.3 is 0 Å². The minimum absolute atomic E-state index is 0.196. The van der Waals surface area contributed by atoms with Gasteiger partial charge in [0.05, 0.1) is 5.69 Å². The number of rotatable bonds is 2.